The van der Waals surface area contributed by atoms with Crippen LogP contribution in [0.25, 0.3) is 0 Å². The first-order valence-electron chi connectivity index (χ1n) is 9.00. The summed E-state index contributed by atoms with van der Waals surface area (Å²) in [5, 5.41) is 11.8. The largest absolute Gasteiger partial charge is 0.466 e. The monoisotopic (exact) mass is 383 g/mol. The van der Waals surface area contributed by atoms with E-state index in [0.29, 0.717) is 18.6 Å². The van der Waals surface area contributed by atoms with Gasteiger partial charge in [0.05, 0.1) is 19.3 Å². The van der Waals surface area contributed by atoms with Gasteiger partial charge >= 0.3 is 11.7 Å². The molecule has 4 unspecified atom stereocenters. The van der Waals surface area contributed by atoms with Crippen LogP contribution in [0.15, 0.2) is 15.8 Å². The predicted molar refractivity (Wildman–Crippen MR) is 92.2 cm³/mol. The molecule has 1 aromatic rings. The van der Waals surface area contributed by atoms with Crippen molar-refractivity contribution in [2.45, 2.75) is 64.1 Å². The minimum Gasteiger partial charge on any atom is -0.466 e. The molecule has 2 aliphatic heterocycles. The maximum Gasteiger partial charge on any atom is 0.330 e. The fourth-order valence-electron chi connectivity index (χ4n) is 3.53. The van der Waals surface area contributed by atoms with E-state index in [-0.39, 0.29) is 25.4 Å². The van der Waals surface area contributed by atoms with E-state index >= 15 is 0 Å². The summed E-state index contributed by atoms with van der Waals surface area (Å²) in [7, 11) is 0. The van der Waals surface area contributed by atoms with Gasteiger partial charge in [-0.25, -0.2) is 4.79 Å². The molecule has 2 saturated heterocycles. The zero-order valence-corrected chi connectivity index (χ0v) is 15.6. The zero-order chi connectivity index (χ0) is 19.8. The van der Waals surface area contributed by atoms with Crippen molar-refractivity contribution in [3.05, 3.63) is 32.6 Å². The molecule has 3 rings (SSSR count). The third-order valence-corrected chi connectivity index (χ3v) is 5.12. The summed E-state index contributed by atoms with van der Waals surface area (Å²) in [5.41, 5.74) is -1.67. The van der Waals surface area contributed by atoms with E-state index in [1.165, 1.54) is 10.8 Å². The van der Waals surface area contributed by atoms with E-state index in [2.05, 4.69) is 4.98 Å². The van der Waals surface area contributed by atoms with Crippen LogP contribution in [0.2, 0.25) is 0 Å². The lowest BCUT2D eigenvalue weighted by Crippen LogP contribution is -2.60. The van der Waals surface area contributed by atoms with Gasteiger partial charge in [0.2, 0.25) is 0 Å². The number of fused-ring (bicyclic) bond motifs is 1. The minimum atomic E-state index is -1.06. The summed E-state index contributed by atoms with van der Waals surface area (Å²) in [4.78, 5) is 37.5. The topological polar surface area (TPSA) is 123 Å². The average Bonchev–Trinajstić information content (AvgIpc) is 3.05. The number of esters is 1. The van der Waals surface area contributed by atoms with Crippen LogP contribution in [-0.4, -0.2) is 56.9 Å². The van der Waals surface area contributed by atoms with Gasteiger partial charge in [-0.1, -0.05) is 0 Å². The Hall–Kier alpha value is -2.01. The molecule has 27 heavy (non-hydrogen) atoms. The summed E-state index contributed by atoms with van der Waals surface area (Å²) < 4.78 is 17.9. The van der Waals surface area contributed by atoms with Crippen molar-refractivity contribution in [3.8, 4) is 0 Å². The Balaban J connectivity index is 1.73. The van der Waals surface area contributed by atoms with Crippen molar-refractivity contribution in [2.75, 3.05) is 13.2 Å². The first-order valence-corrected chi connectivity index (χ1v) is 9.00. The van der Waals surface area contributed by atoms with E-state index in [4.69, 9.17) is 14.2 Å². The van der Waals surface area contributed by atoms with Gasteiger partial charge in [0.1, 0.15) is 18.1 Å². The van der Waals surface area contributed by atoms with E-state index in [0.717, 1.165) is 5.06 Å². The SMILES string of the molecule is CCOC(=O)CCC1(C)OCC2OC(n3cc(C)c(=O)[nH]c3=O)CC2N1O. The molecule has 0 amide bonds. The highest BCUT2D eigenvalue weighted by atomic mass is 16.6. The van der Waals surface area contributed by atoms with E-state index in [1.807, 2.05) is 0 Å². The van der Waals surface area contributed by atoms with Crippen molar-refractivity contribution in [2.24, 2.45) is 0 Å². The quantitative estimate of drug-likeness (QED) is 0.695. The number of aromatic nitrogens is 2. The van der Waals surface area contributed by atoms with Crippen molar-refractivity contribution in [3.63, 3.8) is 0 Å². The van der Waals surface area contributed by atoms with Gasteiger partial charge < -0.3 is 19.4 Å². The van der Waals surface area contributed by atoms with E-state index in [9.17, 15) is 19.6 Å². The Labute approximate surface area is 155 Å². The summed E-state index contributed by atoms with van der Waals surface area (Å²) in [5.74, 6) is -0.353. The number of ether oxygens (including phenoxy) is 3. The molecule has 2 N–H and O–H groups in total. The molecule has 10 nitrogen and oxygen atoms in total. The standard InChI is InChI=1S/C17H25N3O7/c1-4-25-14(21)5-6-17(3)20(24)11-7-13(27-12(11)9-26-17)19-8-10(2)15(22)18-16(19)23/h8,11-13,24H,4-7,9H2,1-3H3,(H,18,22,23). The molecule has 10 heteroatoms. The van der Waals surface area contributed by atoms with Gasteiger partial charge in [-0.3, -0.25) is 19.1 Å². The smallest absolute Gasteiger partial charge is 0.330 e. The number of aromatic amines is 1. The van der Waals surface area contributed by atoms with Crippen LogP contribution in [0.3, 0.4) is 0 Å². The number of nitrogens with zero attached hydrogens (tertiary/aromatic N) is 2. The number of rotatable bonds is 5. The molecule has 2 fully saturated rings. The number of hydrogen-bond acceptors (Lipinski definition) is 8. The molecule has 0 aliphatic carbocycles. The zero-order valence-electron chi connectivity index (χ0n) is 15.6. The normalized spacial score (nSPS) is 30.9. The Morgan fingerprint density at radius 2 is 2.22 bits per heavy atom. The Bertz CT molecular complexity index is 819. The number of nitrogens with one attached hydrogen (secondary N) is 1. The number of carbonyl (C=O) groups excluding carboxylic acids is 1. The lowest BCUT2D eigenvalue weighted by atomic mass is 10.0. The van der Waals surface area contributed by atoms with Gasteiger partial charge in [-0.2, -0.15) is 5.06 Å². The Morgan fingerprint density at radius 1 is 1.48 bits per heavy atom. The summed E-state index contributed by atoms with van der Waals surface area (Å²) >= 11 is 0. The average molecular weight is 383 g/mol. The maximum atomic E-state index is 12.1. The second-order valence-corrected chi connectivity index (χ2v) is 7.05. The molecule has 0 bridgehead atoms. The van der Waals surface area contributed by atoms with E-state index < -0.39 is 35.3 Å². The van der Waals surface area contributed by atoms with Crippen LogP contribution in [-0.2, 0) is 19.0 Å². The molecule has 2 aliphatic rings. The lowest BCUT2D eigenvalue weighted by molar-refractivity contribution is -0.336. The second kappa shape index (κ2) is 7.55. The first kappa shape index (κ1) is 19.7. The minimum absolute atomic E-state index is 0.113. The van der Waals surface area contributed by atoms with Crippen LogP contribution in [0.4, 0.5) is 0 Å². The number of hydroxylamine groups is 2. The third-order valence-electron chi connectivity index (χ3n) is 5.12. The number of carbonyl (C=O) groups is 1. The highest BCUT2D eigenvalue weighted by Gasteiger charge is 2.51. The fourth-order valence-corrected chi connectivity index (χ4v) is 3.53. The summed E-state index contributed by atoms with van der Waals surface area (Å²) in [6.45, 7) is 5.55. The lowest BCUT2D eigenvalue weighted by Gasteiger charge is -2.45. The van der Waals surface area contributed by atoms with Crippen molar-refractivity contribution in [1.82, 2.24) is 14.6 Å². The number of hydrogen-bond donors (Lipinski definition) is 2. The van der Waals surface area contributed by atoms with Gasteiger partial charge in [0.15, 0.2) is 0 Å². The molecule has 3 heterocycles. The summed E-state index contributed by atoms with van der Waals surface area (Å²) in [6.07, 6.45) is 1.09. The molecule has 0 saturated carbocycles. The molecule has 0 spiro atoms. The maximum absolute atomic E-state index is 12.1. The molecule has 0 radical (unpaired) electrons. The van der Waals surface area contributed by atoms with Crippen LogP contribution < -0.4 is 11.2 Å². The molecule has 1 aromatic heterocycles. The van der Waals surface area contributed by atoms with Crippen LogP contribution in [0.5, 0.6) is 0 Å². The number of aryl methyl sites for hydroxylation is 1. The van der Waals surface area contributed by atoms with Crippen molar-refractivity contribution < 1.29 is 24.2 Å². The fraction of sp³-hybridized carbons (Fsp3) is 0.706. The molecule has 4 atom stereocenters. The Kier molecular flexibility index (Phi) is 5.52. The Morgan fingerprint density at radius 3 is 2.93 bits per heavy atom. The summed E-state index contributed by atoms with van der Waals surface area (Å²) in [6, 6.07) is -0.407. The van der Waals surface area contributed by atoms with Crippen LogP contribution in [0, 0.1) is 6.92 Å². The van der Waals surface area contributed by atoms with Gasteiger partial charge in [0, 0.05) is 31.0 Å². The molecule has 0 aromatic carbocycles. The van der Waals surface area contributed by atoms with Crippen molar-refractivity contribution in [1.29, 1.82) is 0 Å². The highest BCUT2D eigenvalue weighted by Crippen LogP contribution is 2.39. The van der Waals surface area contributed by atoms with Gasteiger partial charge in [-0.05, 0) is 20.8 Å². The van der Waals surface area contributed by atoms with Crippen LogP contribution >= 0.6 is 0 Å². The molecular weight excluding hydrogens is 358 g/mol. The van der Waals surface area contributed by atoms with E-state index in [1.54, 1.807) is 20.8 Å². The molecular formula is C17H25N3O7. The van der Waals surface area contributed by atoms with Gasteiger partial charge in [-0.15, -0.1) is 0 Å². The number of H-pyrrole nitrogens is 1. The third kappa shape index (κ3) is 3.84. The highest BCUT2D eigenvalue weighted by molar-refractivity contribution is 5.69. The van der Waals surface area contributed by atoms with Crippen LogP contribution in [0.1, 0.15) is 44.9 Å². The first-order chi connectivity index (χ1) is 12.7. The predicted octanol–water partition coefficient (Wildman–Crippen LogP) is 0.282. The molecule has 150 valence electrons. The van der Waals surface area contributed by atoms with Gasteiger partial charge in [0.25, 0.3) is 5.56 Å². The second-order valence-electron chi connectivity index (χ2n) is 7.05. The van der Waals surface area contributed by atoms with Crippen molar-refractivity contribution >= 4 is 5.97 Å².